The lowest BCUT2D eigenvalue weighted by Gasteiger charge is -2.27. The van der Waals surface area contributed by atoms with Gasteiger partial charge in [0.2, 0.25) is 0 Å². The third kappa shape index (κ3) is 5.19. The predicted molar refractivity (Wildman–Crippen MR) is 132 cm³/mol. The maximum absolute atomic E-state index is 11.7. The molecule has 0 heterocycles. The molecular weight excluding hydrogens is 416 g/mol. The van der Waals surface area contributed by atoms with E-state index in [0.29, 0.717) is 18.1 Å². The lowest BCUT2D eigenvalue weighted by atomic mass is 9.77. The van der Waals surface area contributed by atoms with Crippen LogP contribution in [-0.4, -0.2) is 11.6 Å². The Morgan fingerprint density at radius 1 is 0.812 bits per heavy atom. The summed E-state index contributed by atoms with van der Waals surface area (Å²) in [6, 6.07) is 23.0. The fourth-order valence-corrected chi connectivity index (χ4v) is 5.05. The molecule has 0 atom stereocenters. The van der Waals surface area contributed by atoms with Gasteiger partial charge >= 0.3 is 0 Å². The van der Waals surface area contributed by atoms with E-state index in [1.54, 1.807) is 13.8 Å². The molecule has 1 saturated carbocycles. The van der Waals surface area contributed by atoms with E-state index in [-0.39, 0.29) is 11.7 Å². The third-order valence-electron chi connectivity index (χ3n) is 6.68. The standard InChI is InChI=1S/C29H29ClO2/c1-19(31)16-21-6-8-23(9-7-21)25-4-3-5-27(17-25)28-18-26(14-15-29(28)30)24-12-10-22(11-13-24)20(2)32/h3-9,14-15,17-18,22,24H,10-13,16H2,1-2H3. The van der Waals surface area contributed by atoms with Crippen LogP contribution in [0.5, 0.6) is 0 Å². The molecule has 2 nitrogen and oxygen atoms in total. The summed E-state index contributed by atoms with van der Waals surface area (Å²) < 4.78 is 0. The smallest absolute Gasteiger partial charge is 0.134 e. The second-order valence-corrected chi connectivity index (χ2v) is 9.46. The van der Waals surface area contributed by atoms with Gasteiger partial charge in [0.15, 0.2) is 0 Å². The van der Waals surface area contributed by atoms with Gasteiger partial charge in [0.05, 0.1) is 0 Å². The van der Waals surface area contributed by atoms with E-state index in [1.807, 2.05) is 18.2 Å². The van der Waals surface area contributed by atoms with Crippen molar-refractivity contribution in [3.8, 4) is 22.3 Å². The van der Waals surface area contributed by atoms with Crippen LogP contribution in [0, 0.1) is 5.92 Å². The average molecular weight is 445 g/mol. The van der Waals surface area contributed by atoms with Gasteiger partial charge in [-0.15, -0.1) is 0 Å². The van der Waals surface area contributed by atoms with Crippen molar-refractivity contribution in [3.63, 3.8) is 0 Å². The van der Waals surface area contributed by atoms with Crippen LogP contribution in [0.3, 0.4) is 0 Å². The van der Waals surface area contributed by atoms with Gasteiger partial charge in [0, 0.05) is 22.9 Å². The molecule has 1 fully saturated rings. The van der Waals surface area contributed by atoms with Crippen molar-refractivity contribution in [3.05, 3.63) is 82.9 Å². The van der Waals surface area contributed by atoms with Crippen LogP contribution in [0.4, 0.5) is 0 Å². The van der Waals surface area contributed by atoms with E-state index in [4.69, 9.17) is 11.6 Å². The van der Waals surface area contributed by atoms with Gasteiger partial charge in [-0.25, -0.2) is 0 Å². The summed E-state index contributed by atoms with van der Waals surface area (Å²) in [7, 11) is 0. The highest BCUT2D eigenvalue weighted by Gasteiger charge is 2.25. The number of Topliss-reactive ketones (excluding diaryl/α,β-unsaturated/α-hetero) is 2. The van der Waals surface area contributed by atoms with Crippen LogP contribution in [0.2, 0.25) is 5.02 Å². The van der Waals surface area contributed by atoms with Gasteiger partial charge in [0.1, 0.15) is 11.6 Å². The number of hydrogen-bond donors (Lipinski definition) is 0. The number of hydrogen-bond acceptors (Lipinski definition) is 2. The molecule has 32 heavy (non-hydrogen) atoms. The molecule has 0 aliphatic heterocycles. The quantitative estimate of drug-likeness (QED) is 0.391. The highest BCUT2D eigenvalue weighted by Crippen LogP contribution is 2.39. The van der Waals surface area contributed by atoms with E-state index in [9.17, 15) is 9.59 Å². The second kappa shape index (κ2) is 9.83. The molecule has 4 rings (SSSR count). The van der Waals surface area contributed by atoms with E-state index >= 15 is 0 Å². The number of carbonyl (C=O) groups is 2. The van der Waals surface area contributed by atoms with Crippen LogP contribution in [0.25, 0.3) is 22.3 Å². The number of carbonyl (C=O) groups excluding carboxylic acids is 2. The largest absolute Gasteiger partial charge is 0.300 e. The number of rotatable bonds is 6. The summed E-state index contributed by atoms with van der Waals surface area (Å²) in [5, 5.41) is 0.750. The minimum Gasteiger partial charge on any atom is -0.300 e. The van der Waals surface area contributed by atoms with E-state index in [2.05, 4.69) is 48.5 Å². The fourth-order valence-electron chi connectivity index (χ4n) is 4.82. The molecule has 3 aromatic carbocycles. The minimum absolute atomic E-state index is 0.170. The molecule has 0 radical (unpaired) electrons. The highest BCUT2D eigenvalue weighted by molar-refractivity contribution is 6.33. The van der Waals surface area contributed by atoms with E-state index in [1.165, 1.54) is 5.56 Å². The molecule has 1 aliphatic rings. The Kier molecular flexibility index (Phi) is 6.91. The lowest BCUT2D eigenvalue weighted by molar-refractivity contribution is -0.121. The van der Waals surface area contributed by atoms with Crippen molar-refractivity contribution in [2.24, 2.45) is 5.92 Å². The molecular formula is C29H29ClO2. The molecule has 0 saturated heterocycles. The molecule has 3 heteroatoms. The van der Waals surface area contributed by atoms with Crippen molar-refractivity contribution in [1.82, 2.24) is 0 Å². The third-order valence-corrected chi connectivity index (χ3v) is 7.01. The summed E-state index contributed by atoms with van der Waals surface area (Å²) >= 11 is 6.63. The zero-order valence-corrected chi connectivity index (χ0v) is 19.5. The van der Waals surface area contributed by atoms with Gasteiger partial charge in [-0.2, -0.15) is 0 Å². The first-order valence-corrected chi connectivity index (χ1v) is 11.8. The first-order chi connectivity index (χ1) is 15.4. The van der Waals surface area contributed by atoms with Crippen molar-refractivity contribution >= 4 is 23.2 Å². The first kappa shape index (κ1) is 22.5. The maximum atomic E-state index is 11.7. The Hall–Kier alpha value is -2.71. The number of halogens is 1. The van der Waals surface area contributed by atoms with Crippen LogP contribution >= 0.6 is 11.6 Å². The second-order valence-electron chi connectivity index (χ2n) is 9.06. The molecule has 0 amide bonds. The molecule has 164 valence electrons. The van der Waals surface area contributed by atoms with Crippen molar-refractivity contribution in [1.29, 1.82) is 0 Å². The first-order valence-electron chi connectivity index (χ1n) is 11.4. The lowest BCUT2D eigenvalue weighted by Crippen LogP contribution is -2.18. The SMILES string of the molecule is CC(=O)Cc1ccc(-c2cccc(-c3cc(C4CCC(C(C)=O)CC4)ccc3Cl)c2)cc1. The highest BCUT2D eigenvalue weighted by atomic mass is 35.5. The Balaban J connectivity index is 1.58. The van der Waals surface area contributed by atoms with Gasteiger partial charge in [-0.05, 0) is 91.5 Å². The van der Waals surface area contributed by atoms with Crippen molar-refractivity contribution < 1.29 is 9.59 Å². The number of benzene rings is 3. The maximum Gasteiger partial charge on any atom is 0.134 e. The summed E-state index contributed by atoms with van der Waals surface area (Å²) in [6.45, 7) is 3.33. The Morgan fingerprint density at radius 2 is 1.50 bits per heavy atom. The number of ketones is 2. The van der Waals surface area contributed by atoms with Gasteiger partial charge in [0.25, 0.3) is 0 Å². The van der Waals surface area contributed by atoms with Crippen LogP contribution in [0.15, 0.2) is 66.7 Å². The van der Waals surface area contributed by atoms with E-state index < -0.39 is 0 Å². The summed E-state index contributed by atoms with van der Waals surface area (Å²) in [6.07, 6.45) is 4.53. The Labute approximate surface area is 195 Å². The van der Waals surface area contributed by atoms with Gasteiger partial charge in [-0.3, -0.25) is 9.59 Å². The summed E-state index contributed by atoms with van der Waals surface area (Å²) in [5.74, 6) is 1.21. The topological polar surface area (TPSA) is 34.1 Å². The van der Waals surface area contributed by atoms with Crippen molar-refractivity contribution in [2.75, 3.05) is 0 Å². The predicted octanol–water partition coefficient (Wildman–Crippen LogP) is 7.67. The Bertz CT molecular complexity index is 1120. The zero-order chi connectivity index (χ0) is 22.7. The monoisotopic (exact) mass is 444 g/mol. The normalized spacial score (nSPS) is 18.3. The average Bonchev–Trinajstić information content (AvgIpc) is 2.80. The molecule has 0 N–H and O–H groups in total. The summed E-state index contributed by atoms with van der Waals surface area (Å²) in [4.78, 5) is 23.1. The van der Waals surface area contributed by atoms with Crippen LogP contribution in [0.1, 0.15) is 56.6 Å². The molecule has 0 spiro atoms. The van der Waals surface area contributed by atoms with Crippen molar-refractivity contribution in [2.45, 2.75) is 51.9 Å². The van der Waals surface area contributed by atoms with E-state index in [0.717, 1.165) is 58.5 Å². The van der Waals surface area contributed by atoms with Gasteiger partial charge in [-0.1, -0.05) is 60.1 Å². The fraction of sp³-hybridized carbons (Fsp3) is 0.310. The Morgan fingerprint density at radius 3 is 2.16 bits per heavy atom. The molecule has 3 aromatic rings. The molecule has 0 bridgehead atoms. The summed E-state index contributed by atoms with van der Waals surface area (Å²) in [5.41, 5.74) is 6.74. The molecule has 0 unspecified atom stereocenters. The zero-order valence-electron chi connectivity index (χ0n) is 18.7. The van der Waals surface area contributed by atoms with Gasteiger partial charge < -0.3 is 0 Å². The molecule has 0 aromatic heterocycles. The molecule has 1 aliphatic carbocycles. The van der Waals surface area contributed by atoms with Crippen LogP contribution in [-0.2, 0) is 16.0 Å². The van der Waals surface area contributed by atoms with Crippen LogP contribution < -0.4 is 0 Å². The minimum atomic E-state index is 0.170.